The Morgan fingerprint density at radius 2 is 1.70 bits per heavy atom. The van der Waals surface area contributed by atoms with Crippen LogP contribution in [0.15, 0.2) is 39.9 Å². The molecule has 2 aromatic rings. The van der Waals surface area contributed by atoms with Crippen LogP contribution in [0.25, 0.3) is 0 Å². The van der Waals surface area contributed by atoms with E-state index < -0.39 is 11.2 Å². The van der Waals surface area contributed by atoms with Crippen LogP contribution in [0.4, 0.5) is 5.82 Å². The summed E-state index contributed by atoms with van der Waals surface area (Å²) in [6, 6.07) is 11.5. The maximum Gasteiger partial charge on any atom is 0.332 e. The smallest absolute Gasteiger partial charge is 0.332 e. The Hall–Kier alpha value is -2.81. The highest BCUT2D eigenvalue weighted by Gasteiger charge is 2.21. The zero-order valence-electron chi connectivity index (χ0n) is 13.7. The first-order valence-electron chi connectivity index (χ1n) is 7.40. The standard InChI is InChI=1S/C17H20N4O2/c1-11(2)14(12-8-6-5-7-9-12)19-15-13(10-18)16(22)21(4)17(23)20(15)3/h5-9,11,14,19H,1-4H3/t14-/m1/s1. The molecule has 0 bridgehead atoms. The summed E-state index contributed by atoms with van der Waals surface area (Å²) in [4.78, 5) is 24.3. The van der Waals surface area contributed by atoms with Gasteiger partial charge in [0.2, 0.25) is 0 Å². The zero-order valence-corrected chi connectivity index (χ0v) is 13.7. The van der Waals surface area contributed by atoms with Crippen molar-refractivity contribution in [2.45, 2.75) is 19.9 Å². The van der Waals surface area contributed by atoms with Crippen LogP contribution in [-0.2, 0) is 14.1 Å². The Bertz CT molecular complexity index is 857. The highest BCUT2D eigenvalue weighted by atomic mass is 16.2. The van der Waals surface area contributed by atoms with Crippen LogP contribution < -0.4 is 16.6 Å². The highest BCUT2D eigenvalue weighted by Crippen LogP contribution is 2.26. The SMILES string of the molecule is CC(C)[C@@H](Nc1c(C#N)c(=O)n(C)c(=O)n1C)c1ccccc1. The van der Waals surface area contributed by atoms with Gasteiger partial charge in [0.25, 0.3) is 5.56 Å². The molecule has 0 fully saturated rings. The van der Waals surface area contributed by atoms with Crippen molar-refractivity contribution < 1.29 is 0 Å². The summed E-state index contributed by atoms with van der Waals surface area (Å²) in [7, 11) is 2.92. The molecule has 6 nitrogen and oxygen atoms in total. The summed E-state index contributed by atoms with van der Waals surface area (Å²) >= 11 is 0. The van der Waals surface area contributed by atoms with Crippen LogP contribution in [0.1, 0.15) is 31.0 Å². The number of aromatic nitrogens is 2. The fourth-order valence-electron chi connectivity index (χ4n) is 2.56. The van der Waals surface area contributed by atoms with Crippen molar-refractivity contribution in [2.75, 3.05) is 5.32 Å². The Kier molecular flexibility index (Phi) is 4.70. The Labute approximate surface area is 134 Å². The molecule has 1 aromatic heterocycles. The fraction of sp³-hybridized carbons (Fsp3) is 0.353. The summed E-state index contributed by atoms with van der Waals surface area (Å²) in [5.74, 6) is 0.450. The molecule has 6 heteroatoms. The molecule has 0 saturated carbocycles. The molecule has 0 aliphatic heterocycles. The van der Waals surface area contributed by atoms with Crippen LogP contribution in [0, 0.1) is 17.2 Å². The Morgan fingerprint density at radius 3 is 2.22 bits per heavy atom. The van der Waals surface area contributed by atoms with Gasteiger partial charge in [0.15, 0.2) is 5.56 Å². The molecule has 0 spiro atoms. The minimum Gasteiger partial charge on any atom is -0.363 e. The molecule has 0 amide bonds. The van der Waals surface area contributed by atoms with E-state index in [-0.39, 0.29) is 23.3 Å². The van der Waals surface area contributed by atoms with Crippen molar-refractivity contribution in [3.63, 3.8) is 0 Å². The maximum absolute atomic E-state index is 12.2. The Balaban J connectivity index is 2.61. The molecule has 2 rings (SSSR count). The van der Waals surface area contributed by atoms with Gasteiger partial charge in [-0.2, -0.15) is 5.26 Å². The van der Waals surface area contributed by atoms with Gasteiger partial charge < -0.3 is 5.32 Å². The fourth-order valence-corrected chi connectivity index (χ4v) is 2.56. The molecule has 1 aromatic carbocycles. The maximum atomic E-state index is 12.2. The lowest BCUT2D eigenvalue weighted by Gasteiger charge is -2.25. The molecule has 0 aliphatic carbocycles. The number of benzene rings is 1. The topological polar surface area (TPSA) is 79.8 Å². The molecular formula is C17H20N4O2. The van der Waals surface area contributed by atoms with Gasteiger partial charge >= 0.3 is 5.69 Å². The molecule has 0 saturated heterocycles. The number of rotatable bonds is 4. The second-order valence-electron chi connectivity index (χ2n) is 5.82. The van der Waals surface area contributed by atoms with Gasteiger partial charge in [-0.3, -0.25) is 13.9 Å². The monoisotopic (exact) mass is 312 g/mol. The van der Waals surface area contributed by atoms with Crippen molar-refractivity contribution in [2.24, 2.45) is 20.0 Å². The van der Waals surface area contributed by atoms with E-state index in [9.17, 15) is 14.9 Å². The summed E-state index contributed by atoms with van der Waals surface area (Å²) in [6.07, 6.45) is 0. The third kappa shape index (κ3) is 3.04. The molecule has 1 atom stereocenters. The molecule has 23 heavy (non-hydrogen) atoms. The molecular weight excluding hydrogens is 292 g/mol. The van der Waals surface area contributed by atoms with E-state index >= 15 is 0 Å². The molecule has 0 aliphatic rings. The van der Waals surface area contributed by atoms with E-state index in [1.807, 2.05) is 50.2 Å². The minimum absolute atomic E-state index is 0.0591. The summed E-state index contributed by atoms with van der Waals surface area (Å²) < 4.78 is 2.24. The van der Waals surface area contributed by atoms with E-state index in [1.54, 1.807) is 7.05 Å². The third-order valence-electron chi connectivity index (χ3n) is 3.89. The zero-order chi connectivity index (χ0) is 17.1. The van der Waals surface area contributed by atoms with Gasteiger partial charge in [-0.05, 0) is 11.5 Å². The largest absolute Gasteiger partial charge is 0.363 e. The lowest BCUT2D eigenvalue weighted by Crippen LogP contribution is -2.40. The van der Waals surface area contributed by atoms with Crippen molar-refractivity contribution >= 4 is 5.82 Å². The van der Waals surface area contributed by atoms with Crippen LogP contribution in [-0.4, -0.2) is 9.13 Å². The van der Waals surface area contributed by atoms with Crippen molar-refractivity contribution in [3.05, 3.63) is 62.3 Å². The van der Waals surface area contributed by atoms with Gasteiger partial charge in [0.05, 0.1) is 6.04 Å². The molecule has 0 unspecified atom stereocenters. The quantitative estimate of drug-likeness (QED) is 0.933. The second-order valence-corrected chi connectivity index (χ2v) is 5.82. The Morgan fingerprint density at radius 1 is 1.09 bits per heavy atom. The van der Waals surface area contributed by atoms with Gasteiger partial charge in [-0.15, -0.1) is 0 Å². The lowest BCUT2D eigenvalue weighted by molar-refractivity contribution is 0.538. The van der Waals surface area contributed by atoms with E-state index in [2.05, 4.69) is 5.32 Å². The first-order valence-corrected chi connectivity index (χ1v) is 7.40. The lowest BCUT2D eigenvalue weighted by atomic mass is 9.96. The number of anilines is 1. The van der Waals surface area contributed by atoms with E-state index in [1.165, 1.54) is 11.6 Å². The average molecular weight is 312 g/mol. The van der Waals surface area contributed by atoms with E-state index in [0.29, 0.717) is 0 Å². The summed E-state index contributed by atoms with van der Waals surface area (Å²) in [5, 5.41) is 12.6. The van der Waals surface area contributed by atoms with E-state index in [4.69, 9.17) is 0 Å². The van der Waals surface area contributed by atoms with Crippen LogP contribution in [0.5, 0.6) is 0 Å². The van der Waals surface area contributed by atoms with E-state index in [0.717, 1.165) is 10.1 Å². The third-order valence-corrected chi connectivity index (χ3v) is 3.89. The molecule has 120 valence electrons. The van der Waals surface area contributed by atoms with Crippen molar-refractivity contribution in [3.8, 4) is 6.07 Å². The van der Waals surface area contributed by atoms with Gasteiger partial charge in [0, 0.05) is 14.1 Å². The van der Waals surface area contributed by atoms with Gasteiger partial charge in [-0.1, -0.05) is 44.2 Å². The number of nitriles is 1. The number of hydrogen-bond donors (Lipinski definition) is 1. The number of hydrogen-bond acceptors (Lipinski definition) is 4. The predicted molar refractivity (Wildman–Crippen MR) is 89.3 cm³/mol. The molecule has 0 radical (unpaired) electrons. The average Bonchev–Trinajstić information content (AvgIpc) is 2.55. The van der Waals surface area contributed by atoms with Gasteiger partial charge in [0.1, 0.15) is 11.9 Å². The molecule has 1 heterocycles. The molecule has 1 N–H and O–H groups in total. The second kappa shape index (κ2) is 6.53. The highest BCUT2D eigenvalue weighted by molar-refractivity contribution is 5.52. The minimum atomic E-state index is -0.589. The normalized spacial score (nSPS) is 12.0. The summed E-state index contributed by atoms with van der Waals surface area (Å²) in [5.41, 5.74) is -0.0866. The van der Waals surface area contributed by atoms with Crippen LogP contribution in [0.2, 0.25) is 0 Å². The van der Waals surface area contributed by atoms with Crippen LogP contribution >= 0.6 is 0 Å². The number of nitrogens with one attached hydrogen (secondary N) is 1. The van der Waals surface area contributed by atoms with Crippen molar-refractivity contribution in [1.82, 2.24) is 9.13 Å². The first-order chi connectivity index (χ1) is 10.9. The van der Waals surface area contributed by atoms with Crippen molar-refractivity contribution in [1.29, 1.82) is 5.26 Å². The first kappa shape index (κ1) is 16.6. The van der Waals surface area contributed by atoms with Crippen LogP contribution in [0.3, 0.4) is 0 Å². The predicted octanol–water partition coefficient (Wildman–Crippen LogP) is 1.76. The summed E-state index contributed by atoms with van der Waals surface area (Å²) in [6.45, 7) is 4.08. The number of nitrogens with zero attached hydrogens (tertiary/aromatic N) is 3. The van der Waals surface area contributed by atoms with Gasteiger partial charge in [-0.25, -0.2) is 4.79 Å².